The van der Waals surface area contributed by atoms with Crippen LogP contribution in [0.15, 0.2) is 12.2 Å². The lowest BCUT2D eigenvalue weighted by Crippen LogP contribution is -2.34. The average Bonchev–Trinajstić information content (AvgIpc) is 2.09. The monoisotopic (exact) mass is 194 g/mol. The topological polar surface area (TPSA) is 17.1 Å². The maximum absolute atomic E-state index is 11.8. The third-order valence-electron chi connectivity index (χ3n) is 3.35. The maximum atomic E-state index is 11.8. The Hall–Kier alpha value is -0.590. The van der Waals surface area contributed by atoms with Gasteiger partial charge >= 0.3 is 0 Å². The van der Waals surface area contributed by atoms with Gasteiger partial charge in [-0.2, -0.15) is 0 Å². The molecule has 0 aliphatic heterocycles. The summed E-state index contributed by atoms with van der Waals surface area (Å²) in [5.74, 6) is 0.737. The summed E-state index contributed by atoms with van der Waals surface area (Å²) in [6, 6.07) is 0. The lowest BCUT2D eigenvalue weighted by atomic mass is 9.67. The van der Waals surface area contributed by atoms with Gasteiger partial charge < -0.3 is 0 Å². The van der Waals surface area contributed by atoms with E-state index in [9.17, 15) is 4.79 Å². The van der Waals surface area contributed by atoms with Crippen LogP contribution in [0.25, 0.3) is 0 Å². The van der Waals surface area contributed by atoms with Crippen LogP contribution in [0.1, 0.15) is 52.9 Å². The summed E-state index contributed by atoms with van der Waals surface area (Å²) in [7, 11) is 0. The van der Waals surface area contributed by atoms with E-state index in [0.29, 0.717) is 5.78 Å². The molecule has 0 unspecified atom stereocenters. The molecule has 1 rings (SSSR count). The van der Waals surface area contributed by atoms with Crippen LogP contribution >= 0.6 is 0 Å². The quantitative estimate of drug-likeness (QED) is 0.625. The van der Waals surface area contributed by atoms with Crippen LogP contribution in [0.2, 0.25) is 0 Å². The summed E-state index contributed by atoms with van der Waals surface area (Å²) in [5.41, 5.74) is 0.216. The first-order valence-corrected chi connectivity index (χ1v) is 5.75. The van der Waals surface area contributed by atoms with Gasteiger partial charge in [0.2, 0.25) is 0 Å². The van der Waals surface area contributed by atoms with Gasteiger partial charge in [-0.05, 0) is 31.1 Å². The van der Waals surface area contributed by atoms with Crippen LogP contribution in [0.3, 0.4) is 0 Å². The predicted octanol–water partition coefficient (Wildman–Crippen LogP) is 3.74. The number of hydrogen-bond acceptors (Lipinski definition) is 1. The minimum Gasteiger partial charge on any atom is -0.299 e. The molecule has 0 amide bonds. The number of allylic oxidation sites excluding steroid dienone is 2. The van der Waals surface area contributed by atoms with Crippen molar-refractivity contribution < 1.29 is 4.79 Å². The second kappa shape index (κ2) is 4.77. The van der Waals surface area contributed by atoms with Crippen molar-refractivity contribution >= 4 is 5.78 Å². The third kappa shape index (κ3) is 2.70. The fraction of sp³-hybridized carbons (Fsp3) is 0.769. The number of carbonyl (C=O) groups is 1. The van der Waals surface area contributed by atoms with Crippen molar-refractivity contribution in [3.63, 3.8) is 0 Å². The van der Waals surface area contributed by atoms with E-state index in [1.54, 1.807) is 0 Å². The lowest BCUT2D eigenvalue weighted by molar-refractivity contribution is -0.129. The Balaban J connectivity index is 2.61. The highest BCUT2D eigenvalue weighted by atomic mass is 16.1. The standard InChI is InChI=1S/C13H22O/c1-4-5-6-8-11-12(14)9-7-10-13(11,2)3/h5-6,11H,4,7-10H2,1-3H3/b6-5-/t11-/m1/s1. The molecular weight excluding hydrogens is 172 g/mol. The van der Waals surface area contributed by atoms with Gasteiger partial charge in [0.05, 0.1) is 0 Å². The van der Waals surface area contributed by atoms with Crippen molar-refractivity contribution in [2.75, 3.05) is 0 Å². The molecule has 0 saturated heterocycles. The molecule has 1 heteroatoms. The van der Waals surface area contributed by atoms with Crippen molar-refractivity contribution in [1.29, 1.82) is 0 Å². The van der Waals surface area contributed by atoms with E-state index in [1.165, 1.54) is 6.42 Å². The molecule has 14 heavy (non-hydrogen) atoms. The number of carbonyl (C=O) groups excluding carboxylic acids is 1. The second-order valence-electron chi connectivity index (χ2n) is 4.98. The Labute approximate surface area is 87.6 Å². The van der Waals surface area contributed by atoms with Crippen molar-refractivity contribution in [2.45, 2.75) is 52.9 Å². The first-order chi connectivity index (χ1) is 6.58. The Morgan fingerprint density at radius 3 is 2.71 bits per heavy atom. The molecule has 1 fully saturated rings. The van der Waals surface area contributed by atoms with Crippen LogP contribution in [-0.2, 0) is 4.79 Å². The normalized spacial score (nSPS) is 27.1. The molecular formula is C13H22O. The van der Waals surface area contributed by atoms with E-state index in [2.05, 4.69) is 32.9 Å². The highest BCUT2D eigenvalue weighted by molar-refractivity contribution is 5.82. The minimum absolute atomic E-state index is 0.216. The molecule has 0 aromatic carbocycles. The van der Waals surface area contributed by atoms with Crippen LogP contribution < -0.4 is 0 Å². The number of hydrogen-bond donors (Lipinski definition) is 0. The minimum atomic E-state index is 0.216. The summed E-state index contributed by atoms with van der Waals surface area (Å²) in [5, 5.41) is 0. The van der Waals surface area contributed by atoms with Crippen molar-refractivity contribution in [3.8, 4) is 0 Å². The van der Waals surface area contributed by atoms with Gasteiger partial charge in [-0.25, -0.2) is 0 Å². The molecule has 0 aromatic rings. The maximum Gasteiger partial charge on any atom is 0.136 e. The van der Waals surface area contributed by atoms with E-state index >= 15 is 0 Å². The van der Waals surface area contributed by atoms with E-state index in [1.807, 2.05) is 0 Å². The van der Waals surface area contributed by atoms with E-state index in [0.717, 1.165) is 25.7 Å². The molecule has 0 radical (unpaired) electrons. The van der Waals surface area contributed by atoms with Crippen molar-refractivity contribution in [1.82, 2.24) is 0 Å². The SMILES string of the molecule is CC/C=C\C[C@@H]1C(=O)CCCC1(C)C. The van der Waals surface area contributed by atoms with E-state index in [-0.39, 0.29) is 11.3 Å². The number of Topliss-reactive ketones (excluding diaryl/α,β-unsaturated/α-hetero) is 1. The predicted molar refractivity (Wildman–Crippen MR) is 60.2 cm³/mol. The van der Waals surface area contributed by atoms with Crippen molar-refractivity contribution in [2.24, 2.45) is 11.3 Å². The van der Waals surface area contributed by atoms with Crippen LogP contribution in [0.4, 0.5) is 0 Å². The van der Waals surface area contributed by atoms with Crippen LogP contribution in [-0.4, -0.2) is 5.78 Å². The zero-order valence-corrected chi connectivity index (χ0v) is 9.68. The highest BCUT2D eigenvalue weighted by Crippen LogP contribution is 2.40. The molecule has 80 valence electrons. The van der Waals surface area contributed by atoms with Crippen LogP contribution in [0, 0.1) is 11.3 Å². The zero-order valence-electron chi connectivity index (χ0n) is 9.68. The van der Waals surface area contributed by atoms with Gasteiger partial charge in [0.15, 0.2) is 0 Å². The first-order valence-electron chi connectivity index (χ1n) is 5.75. The third-order valence-corrected chi connectivity index (χ3v) is 3.35. The fourth-order valence-corrected chi connectivity index (χ4v) is 2.35. The van der Waals surface area contributed by atoms with Gasteiger partial charge in [0.25, 0.3) is 0 Å². The molecule has 0 heterocycles. The Bertz CT molecular complexity index is 225. The number of rotatable bonds is 3. The van der Waals surface area contributed by atoms with Gasteiger partial charge in [0.1, 0.15) is 5.78 Å². The Morgan fingerprint density at radius 2 is 2.14 bits per heavy atom. The molecule has 1 saturated carbocycles. The molecule has 0 aromatic heterocycles. The molecule has 1 aliphatic carbocycles. The molecule has 1 nitrogen and oxygen atoms in total. The smallest absolute Gasteiger partial charge is 0.136 e. The largest absolute Gasteiger partial charge is 0.299 e. The summed E-state index contributed by atoms with van der Waals surface area (Å²) in [6.45, 7) is 6.59. The Morgan fingerprint density at radius 1 is 1.43 bits per heavy atom. The highest BCUT2D eigenvalue weighted by Gasteiger charge is 2.36. The molecule has 0 N–H and O–H groups in total. The number of ketones is 1. The molecule has 1 aliphatic rings. The summed E-state index contributed by atoms with van der Waals surface area (Å²) >= 11 is 0. The summed E-state index contributed by atoms with van der Waals surface area (Å²) < 4.78 is 0. The van der Waals surface area contributed by atoms with Gasteiger partial charge in [-0.3, -0.25) is 4.79 Å². The lowest BCUT2D eigenvalue weighted by Gasteiger charge is -2.36. The average molecular weight is 194 g/mol. The van der Waals surface area contributed by atoms with Crippen molar-refractivity contribution in [3.05, 3.63) is 12.2 Å². The summed E-state index contributed by atoms with van der Waals surface area (Å²) in [6.07, 6.45) is 9.44. The van der Waals surface area contributed by atoms with E-state index < -0.39 is 0 Å². The first kappa shape index (κ1) is 11.5. The van der Waals surface area contributed by atoms with Gasteiger partial charge in [-0.15, -0.1) is 0 Å². The summed E-state index contributed by atoms with van der Waals surface area (Å²) in [4.78, 5) is 11.8. The van der Waals surface area contributed by atoms with Gasteiger partial charge in [-0.1, -0.05) is 32.9 Å². The van der Waals surface area contributed by atoms with Crippen LogP contribution in [0.5, 0.6) is 0 Å². The zero-order chi connectivity index (χ0) is 10.6. The second-order valence-corrected chi connectivity index (χ2v) is 4.98. The van der Waals surface area contributed by atoms with Gasteiger partial charge in [0, 0.05) is 12.3 Å². The molecule has 1 atom stereocenters. The molecule has 0 bridgehead atoms. The van der Waals surface area contributed by atoms with E-state index in [4.69, 9.17) is 0 Å². The molecule has 0 spiro atoms. The fourth-order valence-electron chi connectivity index (χ4n) is 2.35. The Kier molecular flexibility index (Phi) is 3.91.